The van der Waals surface area contributed by atoms with Crippen LogP contribution in [-0.2, 0) is 59.3 Å². The van der Waals surface area contributed by atoms with E-state index in [4.69, 9.17) is 14.2 Å². The van der Waals surface area contributed by atoms with Crippen LogP contribution < -0.4 is 10.6 Å². The Balaban J connectivity index is 0.887. The van der Waals surface area contributed by atoms with Crippen LogP contribution in [0.5, 0.6) is 0 Å². The van der Waals surface area contributed by atoms with E-state index in [0.717, 1.165) is 112 Å². The summed E-state index contributed by atoms with van der Waals surface area (Å²) in [6, 6.07) is 13.9. The fourth-order valence-corrected chi connectivity index (χ4v) is 12.9. The van der Waals surface area contributed by atoms with Crippen LogP contribution >= 0.6 is 0 Å². The van der Waals surface area contributed by atoms with Crippen LogP contribution in [0.25, 0.3) is 21.8 Å². The maximum atomic E-state index is 14.8. The van der Waals surface area contributed by atoms with Gasteiger partial charge < -0.3 is 43.8 Å². The fraction of sp³-hybridized carbons (Fsp3) is 0.656. The van der Waals surface area contributed by atoms with E-state index in [1.165, 1.54) is 20.9 Å². The molecule has 2 aromatic heterocycles. The standard InChI is InChI=1S/C64H94N8O9/c1-43(67(9)61(77)80-63(3,4)5)57(73)65-55(45-23-13-11-14-24-45)59(75)71-33-21-27-49(71)39-47-41-69(53-31-19-17-29-51(47)53)35-37-79-38-36-70-42-48(52-30-18-20-32-54(52)70)40-50-28-22-34-72(50)60(76)56(46-25-15-12-16-26-46)66-58(74)44(2)68(10)62(78)81-64(6,7)8/h17-20,29-32,41-46,49-50,55-56H,11-16,21-28,33-40H2,1-10H3,(H,65,73)(H,66,74)/t43-,44-,49-,50-,55-,56-/m0/s1. The second-order valence-corrected chi connectivity index (χ2v) is 25.7. The lowest BCUT2D eigenvalue weighted by Crippen LogP contribution is -2.57. The van der Waals surface area contributed by atoms with Gasteiger partial charge in [-0.25, -0.2) is 9.59 Å². The highest BCUT2D eigenvalue weighted by Gasteiger charge is 2.42. The van der Waals surface area contributed by atoms with Crippen LogP contribution in [-0.4, -0.2) is 152 Å². The number of likely N-dealkylation sites (N-methyl/N-ethyl adjacent to an activating group) is 2. The van der Waals surface area contributed by atoms with E-state index in [2.05, 4.69) is 80.7 Å². The van der Waals surface area contributed by atoms with Gasteiger partial charge >= 0.3 is 12.2 Å². The Hall–Kier alpha value is -6.10. The first-order chi connectivity index (χ1) is 38.6. The van der Waals surface area contributed by atoms with Crippen molar-refractivity contribution in [3.8, 4) is 0 Å². The molecule has 444 valence electrons. The van der Waals surface area contributed by atoms with Crippen molar-refractivity contribution in [2.24, 2.45) is 11.8 Å². The first-order valence-corrected chi connectivity index (χ1v) is 30.4. The lowest BCUT2D eigenvalue weighted by atomic mass is 9.83. The SMILES string of the molecule is C[C@@H](C(=O)N[C@H](C(=O)N1CCC[C@H]1Cc1cn(CCOCCn2cc(C[C@@H]3CCCN3C(=O)[C@@H](NC(=O)[C@H](C)N(C)C(=O)OC(C)(C)C)C3CCCCC3)c3ccccc32)c2ccccc12)C1CCCCC1)N(C)C(=O)OC(C)(C)C. The third kappa shape index (κ3) is 15.3. The summed E-state index contributed by atoms with van der Waals surface area (Å²) in [7, 11) is 3.13. The monoisotopic (exact) mass is 1120 g/mol. The minimum absolute atomic E-state index is 0.0162. The summed E-state index contributed by atoms with van der Waals surface area (Å²) in [5, 5.41) is 8.62. The van der Waals surface area contributed by atoms with Gasteiger partial charge in [0.1, 0.15) is 35.4 Å². The van der Waals surface area contributed by atoms with Crippen LogP contribution in [0.3, 0.4) is 0 Å². The number of carbonyl (C=O) groups is 6. The third-order valence-corrected chi connectivity index (χ3v) is 17.6. The van der Waals surface area contributed by atoms with Crippen LogP contribution in [0.1, 0.15) is 156 Å². The highest BCUT2D eigenvalue weighted by molar-refractivity contribution is 5.93. The number of carbonyl (C=O) groups excluding carboxylic acids is 6. The topological polar surface area (TPSA) is 177 Å². The number of rotatable bonds is 20. The van der Waals surface area contributed by atoms with Gasteiger partial charge in [-0.2, -0.15) is 0 Å². The van der Waals surface area contributed by atoms with E-state index in [1.54, 1.807) is 69.5 Å². The quantitative estimate of drug-likeness (QED) is 0.0816. The number of para-hydroxylation sites is 2. The summed E-state index contributed by atoms with van der Waals surface area (Å²) in [5.74, 6) is -0.713. The minimum Gasteiger partial charge on any atom is -0.444 e. The van der Waals surface area contributed by atoms with Gasteiger partial charge in [-0.3, -0.25) is 29.0 Å². The molecule has 0 unspecified atom stereocenters. The Labute approximate surface area is 481 Å². The van der Waals surface area contributed by atoms with Crippen molar-refractivity contribution >= 4 is 57.6 Å². The zero-order chi connectivity index (χ0) is 58.2. The molecule has 2 N–H and O–H groups in total. The normalized spacial score (nSPS) is 20.0. The highest BCUT2D eigenvalue weighted by Crippen LogP contribution is 2.34. The number of fused-ring (bicyclic) bond motifs is 2. The Morgan fingerprint density at radius 3 is 1.28 bits per heavy atom. The van der Waals surface area contributed by atoms with Gasteiger partial charge in [0.2, 0.25) is 23.6 Å². The predicted molar refractivity (Wildman–Crippen MR) is 316 cm³/mol. The van der Waals surface area contributed by atoms with E-state index in [9.17, 15) is 28.8 Å². The zero-order valence-electron chi connectivity index (χ0n) is 50.3. The van der Waals surface area contributed by atoms with Gasteiger partial charge in [-0.05, 0) is 155 Å². The first-order valence-electron chi connectivity index (χ1n) is 30.4. The van der Waals surface area contributed by atoms with E-state index in [0.29, 0.717) is 52.2 Å². The molecule has 2 aromatic carbocycles. The molecule has 17 heteroatoms. The van der Waals surface area contributed by atoms with Crippen molar-refractivity contribution in [3.05, 3.63) is 72.1 Å². The van der Waals surface area contributed by atoms with Gasteiger partial charge in [0, 0.05) is 86.6 Å². The largest absolute Gasteiger partial charge is 0.444 e. The molecule has 17 nitrogen and oxygen atoms in total. The summed E-state index contributed by atoms with van der Waals surface area (Å²) < 4.78 is 22.0. The highest BCUT2D eigenvalue weighted by atomic mass is 16.6. The Morgan fingerprint density at radius 1 is 0.543 bits per heavy atom. The number of likely N-dealkylation sites (tertiary alicyclic amines) is 2. The van der Waals surface area contributed by atoms with Crippen molar-refractivity contribution in [2.75, 3.05) is 40.4 Å². The number of hydrogen-bond acceptors (Lipinski definition) is 9. The number of hydrogen-bond donors (Lipinski definition) is 2. The number of amides is 6. The van der Waals surface area contributed by atoms with Gasteiger partial charge in [0.15, 0.2) is 0 Å². The summed E-state index contributed by atoms with van der Waals surface area (Å²) >= 11 is 0. The van der Waals surface area contributed by atoms with E-state index >= 15 is 0 Å². The third-order valence-electron chi connectivity index (χ3n) is 17.6. The van der Waals surface area contributed by atoms with Gasteiger partial charge in [0.25, 0.3) is 0 Å². The summed E-state index contributed by atoms with van der Waals surface area (Å²) in [6.45, 7) is 17.7. The van der Waals surface area contributed by atoms with Crippen molar-refractivity contribution in [1.29, 1.82) is 0 Å². The lowest BCUT2D eigenvalue weighted by Gasteiger charge is -2.36. The van der Waals surface area contributed by atoms with Crippen LogP contribution in [0.2, 0.25) is 0 Å². The molecule has 8 rings (SSSR count). The molecule has 6 atom stereocenters. The molecule has 0 radical (unpaired) electrons. The average Bonchev–Trinajstić information content (AvgIpc) is 4.41. The van der Waals surface area contributed by atoms with Crippen molar-refractivity contribution in [3.63, 3.8) is 0 Å². The summed E-state index contributed by atoms with van der Waals surface area (Å²) in [5.41, 5.74) is 3.20. The maximum absolute atomic E-state index is 14.8. The average molecular weight is 1120 g/mol. The van der Waals surface area contributed by atoms with Crippen molar-refractivity contribution in [1.82, 2.24) is 39.4 Å². The molecule has 0 bridgehead atoms. The van der Waals surface area contributed by atoms with Crippen molar-refractivity contribution < 1.29 is 43.0 Å². The number of ether oxygens (including phenoxy) is 3. The fourth-order valence-electron chi connectivity index (χ4n) is 12.9. The van der Waals surface area contributed by atoms with Crippen LogP contribution in [0.15, 0.2) is 60.9 Å². The van der Waals surface area contributed by atoms with E-state index in [1.807, 2.05) is 9.80 Å². The molecule has 4 aromatic rings. The van der Waals surface area contributed by atoms with Crippen LogP contribution in [0.4, 0.5) is 9.59 Å². The van der Waals surface area contributed by atoms with E-state index < -0.39 is 47.6 Å². The Kier molecular flexibility index (Phi) is 20.2. The predicted octanol–water partition coefficient (Wildman–Crippen LogP) is 10.0. The molecule has 81 heavy (non-hydrogen) atoms. The Morgan fingerprint density at radius 2 is 0.914 bits per heavy atom. The number of nitrogens with one attached hydrogen (secondary N) is 2. The molecular formula is C64H94N8O9. The molecular weight excluding hydrogens is 1020 g/mol. The zero-order valence-corrected chi connectivity index (χ0v) is 50.3. The second-order valence-electron chi connectivity index (χ2n) is 25.7. The number of benzene rings is 2. The van der Waals surface area contributed by atoms with Gasteiger partial charge in [-0.1, -0.05) is 74.9 Å². The first kappa shape index (κ1) is 61.0. The molecule has 4 fully saturated rings. The van der Waals surface area contributed by atoms with Crippen molar-refractivity contribution in [2.45, 2.75) is 219 Å². The van der Waals surface area contributed by atoms with E-state index in [-0.39, 0.29) is 47.5 Å². The smallest absolute Gasteiger partial charge is 0.410 e. The minimum atomic E-state index is -0.822. The van der Waals surface area contributed by atoms with Crippen LogP contribution in [0, 0.1) is 11.8 Å². The molecule has 4 heterocycles. The molecule has 2 aliphatic carbocycles. The molecule has 6 amide bonds. The molecule has 0 spiro atoms. The summed E-state index contributed by atoms with van der Waals surface area (Å²) in [4.78, 5) is 89.8. The number of aromatic nitrogens is 2. The molecule has 4 aliphatic rings. The molecule has 2 saturated heterocycles. The molecule has 2 aliphatic heterocycles. The maximum Gasteiger partial charge on any atom is 0.410 e. The summed E-state index contributed by atoms with van der Waals surface area (Å²) in [6.07, 6.45) is 18.0. The lowest BCUT2D eigenvalue weighted by molar-refractivity contribution is -0.140. The molecule has 2 saturated carbocycles. The second kappa shape index (κ2) is 26.9. The Bertz CT molecular complexity index is 2630. The number of nitrogens with zero attached hydrogens (tertiary/aromatic N) is 6. The van der Waals surface area contributed by atoms with Gasteiger partial charge in [0.05, 0.1) is 13.2 Å². The van der Waals surface area contributed by atoms with Gasteiger partial charge in [-0.15, -0.1) is 0 Å².